The van der Waals surface area contributed by atoms with Crippen LogP contribution in [0.25, 0.3) is 17.2 Å². The number of halogens is 2. The Kier molecular flexibility index (Phi) is 6.05. The Morgan fingerprint density at radius 1 is 1.32 bits per heavy atom. The van der Waals surface area contributed by atoms with Gasteiger partial charge in [0.2, 0.25) is 11.0 Å². The van der Waals surface area contributed by atoms with Gasteiger partial charge < -0.3 is 23.5 Å². The van der Waals surface area contributed by atoms with Crippen LogP contribution in [0.15, 0.2) is 30.5 Å². The average molecular weight is 421 g/mol. The SMILES string of the molecule is CC(=O)[n+]1c(-c2ccccn2)c(NC2CCCCC2)n2c(N)cc(Cl)nc21.[Cl-]. The van der Waals surface area contributed by atoms with Crippen LogP contribution in [0.4, 0.5) is 11.6 Å². The molecule has 7 nitrogen and oxygen atoms in total. The molecule has 3 aromatic rings. The highest BCUT2D eigenvalue weighted by Crippen LogP contribution is 2.31. The van der Waals surface area contributed by atoms with Gasteiger partial charge in [-0.15, -0.1) is 0 Å². The van der Waals surface area contributed by atoms with Crippen LogP contribution >= 0.6 is 11.6 Å². The summed E-state index contributed by atoms with van der Waals surface area (Å²) in [5, 5.41) is 3.85. The Morgan fingerprint density at radius 3 is 2.71 bits per heavy atom. The lowest BCUT2D eigenvalue weighted by Gasteiger charge is -2.23. The van der Waals surface area contributed by atoms with Gasteiger partial charge in [-0.25, -0.2) is 0 Å². The molecule has 1 fully saturated rings. The van der Waals surface area contributed by atoms with Crippen molar-refractivity contribution in [3.63, 3.8) is 0 Å². The number of fused-ring (bicyclic) bond motifs is 1. The van der Waals surface area contributed by atoms with Gasteiger partial charge in [0.1, 0.15) is 5.69 Å². The highest BCUT2D eigenvalue weighted by molar-refractivity contribution is 6.29. The van der Waals surface area contributed by atoms with Crippen molar-refractivity contribution in [3.8, 4) is 11.4 Å². The van der Waals surface area contributed by atoms with Crippen LogP contribution in [0.2, 0.25) is 5.15 Å². The molecule has 4 rings (SSSR count). The third-order valence-corrected chi connectivity index (χ3v) is 5.17. The maximum absolute atomic E-state index is 12.6. The van der Waals surface area contributed by atoms with E-state index in [0.717, 1.165) is 18.7 Å². The van der Waals surface area contributed by atoms with E-state index in [2.05, 4.69) is 15.3 Å². The van der Waals surface area contributed by atoms with E-state index in [1.54, 1.807) is 16.7 Å². The van der Waals surface area contributed by atoms with Crippen LogP contribution in [0.3, 0.4) is 0 Å². The number of carbonyl (C=O) groups excluding carboxylic acids is 1. The molecule has 1 aliphatic carbocycles. The summed E-state index contributed by atoms with van der Waals surface area (Å²) in [6.07, 6.45) is 7.49. The zero-order valence-electron chi connectivity index (χ0n) is 15.5. The molecule has 0 atom stereocenters. The molecule has 0 radical (unpaired) electrons. The summed E-state index contributed by atoms with van der Waals surface area (Å²) in [6, 6.07) is 7.51. The monoisotopic (exact) mass is 420 g/mol. The number of rotatable bonds is 3. The first kappa shape index (κ1) is 20.4. The number of nitrogens with zero attached hydrogens (tertiary/aromatic N) is 4. The standard InChI is InChI=1S/C19H21ClN6O.ClH/c1-12(27)25-17(14-9-5-6-10-22-14)18(23-13-7-3-2-4-8-13)26-16(21)11-15(20)24-19(25)26;/h5-6,9-11,13,21H,2-4,7-8H2,1H3,(H,22,23);1H. The Labute approximate surface area is 174 Å². The van der Waals surface area contributed by atoms with Gasteiger partial charge in [-0.3, -0.25) is 9.78 Å². The van der Waals surface area contributed by atoms with Crippen LogP contribution in [0.1, 0.15) is 43.8 Å². The van der Waals surface area contributed by atoms with E-state index in [9.17, 15) is 4.79 Å². The van der Waals surface area contributed by atoms with E-state index in [1.807, 2.05) is 18.2 Å². The third kappa shape index (κ3) is 3.64. The van der Waals surface area contributed by atoms with Gasteiger partial charge in [-0.1, -0.05) is 30.3 Å². The quantitative estimate of drug-likeness (QED) is 0.470. The van der Waals surface area contributed by atoms with Crippen LogP contribution in [0.5, 0.6) is 0 Å². The lowest BCUT2D eigenvalue weighted by atomic mass is 9.95. The van der Waals surface area contributed by atoms with Crippen LogP contribution in [-0.2, 0) is 0 Å². The van der Waals surface area contributed by atoms with Crippen molar-refractivity contribution in [2.24, 2.45) is 0 Å². The average Bonchev–Trinajstić information content (AvgIpc) is 2.97. The number of hydrogen-bond acceptors (Lipinski definition) is 5. The molecule has 3 N–H and O–H groups in total. The van der Waals surface area contributed by atoms with E-state index in [1.165, 1.54) is 30.8 Å². The van der Waals surface area contributed by atoms with Gasteiger partial charge in [0.05, 0.1) is 0 Å². The number of imidazole rings is 1. The van der Waals surface area contributed by atoms with E-state index < -0.39 is 0 Å². The summed E-state index contributed by atoms with van der Waals surface area (Å²) < 4.78 is 3.28. The predicted octanol–water partition coefficient (Wildman–Crippen LogP) is 0.328. The minimum Gasteiger partial charge on any atom is -1.00 e. The number of nitrogen functional groups attached to an aromatic ring is 1. The zero-order valence-corrected chi connectivity index (χ0v) is 17.0. The van der Waals surface area contributed by atoms with Crippen LogP contribution < -0.4 is 28.0 Å². The largest absolute Gasteiger partial charge is 1.00 e. The molecule has 3 heterocycles. The molecule has 28 heavy (non-hydrogen) atoms. The summed E-state index contributed by atoms with van der Waals surface area (Å²) in [6.45, 7) is 1.50. The second-order valence-corrected chi connectivity index (χ2v) is 7.27. The minimum absolute atomic E-state index is 0. The van der Waals surface area contributed by atoms with Crippen molar-refractivity contribution in [3.05, 3.63) is 35.6 Å². The topological polar surface area (TPSA) is 89.2 Å². The maximum Gasteiger partial charge on any atom is 0.416 e. The van der Waals surface area contributed by atoms with Crippen molar-refractivity contribution in [2.45, 2.75) is 45.1 Å². The smallest absolute Gasteiger partial charge is 0.416 e. The van der Waals surface area contributed by atoms with Gasteiger partial charge >= 0.3 is 5.78 Å². The van der Waals surface area contributed by atoms with Crippen molar-refractivity contribution < 1.29 is 21.8 Å². The van der Waals surface area contributed by atoms with Gasteiger partial charge in [0.25, 0.3) is 5.91 Å². The van der Waals surface area contributed by atoms with E-state index >= 15 is 0 Å². The molecule has 0 aromatic carbocycles. The van der Waals surface area contributed by atoms with Crippen molar-refractivity contribution in [1.82, 2.24) is 14.4 Å². The second kappa shape index (κ2) is 8.32. The van der Waals surface area contributed by atoms with E-state index in [-0.39, 0.29) is 23.5 Å². The normalized spacial score (nSPS) is 14.6. The highest BCUT2D eigenvalue weighted by atomic mass is 35.5. The summed E-state index contributed by atoms with van der Waals surface area (Å²) in [5.74, 6) is 1.35. The molecule has 3 aromatic heterocycles. The summed E-state index contributed by atoms with van der Waals surface area (Å²) in [4.78, 5) is 21.4. The molecule has 9 heteroatoms. The lowest BCUT2D eigenvalue weighted by Crippen LogP contribution is -3.00. The first-order valence-electron chi connectivity index (χ1n) is 9.17. The van der Waals surface area contributed by atoms with Gasteiger partial charge in [0.15, 0.2) is 11.5 Å². The van der Waals surface area contributed by atoms with E-state index in [4.69, 9.17) is 17.3 Å². The molecule has 148 valence electrons. The fraction of sp³-hybridized carbons (Fsp3) is 0.368. The molecule has 0 aliphatic heterocycles. The predicted molar refractivity (Wildman–Crippen MR) is 105 cm³/mol. The van der Waals surface area contributed by atoms with Gasteiger partial charge in [-0.05, 0) is 36.6 Å². The fourth-order valence-corrected chi connectivity index (χ4v) is 3.97. The Morgan fingerprint density at radius 2 is 2.07 bits per heavy atom. The number of hydrogen-bond donors (Lipinski definition) is 2. The fourth-order valence-electron chi connectivity index (χ4n) is 3.78. The van der Waals surface area contributed by atoms with Crippen molar-refractivity contribution in [2.75, 3.05) is 11.1 Å². The molecule has 0 spiro atoms. The summed E-state index contributed by atoms with van der Waals surface area (Å²) in [5.41, 5.74) is 7.60. The first-order chi connectivity index (χ1) is 13.1. The van der Waals surface area contributed by atoms with Crippen LogP contribution in [-0.4, -0.2) is 26.3 Å². The molecule has 0 saturated heterocycles. The molecule has 0 bridgehead atoms. The molecule has 0 amide bonds. The number of anilines is 2. The van der Waals surface area contributed by atoms with Gasteiger partial charge in [-0.2, -0.15) is 8.97 Å². The van der Waals surface area contributed by atoms with Crippen LogP contribution in [0, 0.1) is 0 Å². The Bertz CT molecular complexity index is 999. The zero-order chi connectivity index (χ0) is 19.0. The summed E-state index contributed by atoms with van der Waals surface area (Å²) >= 11 is 6.13. The molecular formula is C19H22Cl2N6O. The van der Waals surface area contributed by atoms with Crippen molar-refractivity contribution >= 4 is 34.9 Å². The van der Waals surface area contributed by atoms with E-state index in [0.29, 0.717) is 29.0 Å². The second-order valence-electron chi connectivity index (χ2n) is 6.89. The molecule has 1 aliphatic rings. The lowest BCUT2D eigenvalue weighted by molar-refractivity contribution is -0.534. The van der Waals surface area contributed by atoms with Crippen molar-refractivity contribution in [1.29, 1.82) is 0 Å². The molecule has 0 unspecified atom stereocenters. The Balaban J connectivity index is 0.00000225. The number of carbonyl (C=O) groups is 1. The minimum atomic E-state index is -0.181. The summed E-state index contributed by atoms with van der Waals surface area (Å²) in [7, 11) is 0. The molecular weight excluding hydrogens is 399 g/mol. The maximum atomic E-state index is 12.6. The van der Waals surface area contributed by atoms with Gasteiger partial charge in [0, 0.05) is 25.2 Å². The number of nitrogens with one attached hydrogen (secondary N) is 1. The number of pyridine rings is 1. The number of aromatic nitrogens is 4. The Hall–Kier alpha value is -2.38. The number of nitrogens with two attached hydrogens (primary N) is 1. The molecule has 1 saturated carbocycles. The third-order valence-electron chi connectivity index (χ3n) is 4.97. The highest BCUT2D eigenvalue weighted by Gasteiger charge is 2.33. The first-order valence-corrected chi connectivity index (χ1v) is 9.55.